The number of ether oxygens (including phenoxy) is 2. The van der Waals surface area contributed by atoms with Crippen LogP contribution in [0, 0.1) is 6.92 Å². The number of nitrogens with one attached hydrogen (secondary N) is 1. The van der Waals surface area contributed by atoms with Gasteiger partial charge in [0.25, 0.3) is 5.56 Å². The van der Waals surface area contributed by atoms with Crippen molar-refractivity contribution in [3.05, 3.63) is 68.9 Å². The van der Waals surface area contributed by atoms with E-state index in [0.717, 1.165) is 10.1 Å². The van der Waals surface area contributed by atoms with Crippen LogP contribution in [0.25, 0.3) is 16.0 Å². The van der Waals surface area contributed by atoms with Crippen LogP contribution in [0.1, 0.15) is 5.56 Å². The van der Waals surface area contributed by atoms with E-state index in [0.29, 0.717) is 21.5 Å². The molecule has 9 nitrogen and oxygen atoms in total. The number of anilines is 1. The van der Waals surface area contributed by atoms with E-state index >= 15 is 0 Å². The molecule has 0 saturated carbocycles. The van der Waals surface area contributed by atoms with Crippen LogP contribution >= 0.6 is 23.1 Å². The molecule has 0 atom stereocenters. The Balaban J connectivity index is 1.86. The number of hydrogen-bond acceptors (Lipinski definition) is 8. The first kappa shape index (κ1) is 23.6. The molecule has 0 aliphatic heterocycles. The molecule has 1 N–H and O–H groups in total. The van der Waals surface area contributed by atoms with E-state index in [9.17, 15) is 14.4 Å². The van der Waals surface area contributed by atoms with E-state index in [1.165, 1.54) is 41.9 Å². The number of hydrogen-bond donors (Lipinski definition) is 1. The molecule has 176 valence electrons. The summed E-state index contributed by atoms with van der Waals surface area (Å²) in [4.78, 5) is 44.3. The monoisotopic (exact) mass is 498 g/mol. The van der Waals surface area contributed by atoms with Crippen LogP contribution in [0.5, 0.6) is 11.5 Å². The lowest BCUT2D eigenvalue weighted by molar-refractivity contribution is -0.116. The number of thioether (sulfide) groups is 1. The van der Waals surface area contributed by atoms with E-state index in [1.54, 1.807) is 36.4 Å². The Labute approximate surface area is 203 Å². The van der Waals surface area contributed by atoms with Crippen LogP contribution < -0.4 is 26.0 Å². The third kappa shape index (κ3) is 4.31. The smallest absolute Gasteiger partial charge is 0.337 e. The highest BCUT2D eigenvalue weighted by molar-refractivity contribution is 8.00. The number of rotatable bonds is 7. The number of amides is 1. The number of thiazole rings is 1. The molecule has 11 heteroatoms. The van der Waals surface area contributed by atoms with Crippen molar-refractivity contribution in [2.45, 2.75) is 17.8 Å². The molecule has 1 amide bonds. The molecule has 0 aliphatic carbocycles. The third-order valence-corrected chi connectivity index (χ3v) is 7.11. The largest absolute Gasteiger partial charge is 0.495 e. The molecule has 2 aromatic carbocycles. The van der Waals surface area contributed by atoms with Gasteiger partial charge in [0.15, 0.2) is 9.99 Å². The standard InChI is InChI=1S/C23H22N4O5S2/c1-13-9-10-16(31-2)14(11-13)24-18(28)12-26-20-19(34-22(25-20)33-4)21(29)27(23(26)30)15-7-5-6-8-17(15)32-3/h5-11H,12H2,1-4H3,(H,24,28). The number of methoxy groups -OCH3 is 2. The summed E-state index contributed by atoms with van der Waals surface area (Å²) in [5.41, 5.74) is 0.672. The normalized spacial score (nSPS) is 10.9. The van der Waals surface area contributed by atoms with Gasteiger partial charge in [0.05, 0.1) is 25.6 Å². The molecule has 0 unspecified atom stereocenters. The fraction of sp³-hybridized carbons (Fsp3) is 0.217. The fourth-order valence-corrected chi connectivity index (χ4v) is 5.02. The second-order valence-corrected chi connectivity index (χ2v) is 9.32. The molecule has 2 heterocycles. The van der Waals surface area contributed by atoms with E-state index in [-0.39, 0.29) is 22.6 Å². The highest BCUT2D eigenvalue weighted by Crippen LogP contribution is 2.28. The SMILES string of the molecule is COc1ccc(C)cc1NC(=O)Cn1c(=O)n(-c2ccccc2OC)c(=O)c2sc(SC)nc21. The molecule has 4 aromatic rings. The van der Waals surface area contributed by atoms with Gasteiger partial charge in [-0.25, -0.2) is 14.3 Å². The van der Waals surface area contributed by atoms with E-state index in [2.05, 4.69) is 10.3 Å². The summed E-state index contributed by atoms with van der Waals surface area (Å²) >= 11 is 2.53. The second-order valence-electron chi connectivity index (χ2n) is 7.27. The number of para-hydroxylation sites is 2. The molecular formula is C23H22N4O5S2. The topological polar surface area (TPSA) is 104 Å². The first-order chi connectivity index (χ1) is 16.4. The Morgan fingerprint density at radius 1 is 1.12 bits per heavy atom. The minimum absolute atomic E-state index is 0.168. The predicted octanol–water partition coefficient (Wildman–Crippen LogP) is 3.30. The minimum atomic E-state index is -0.689. The van der Waals surface area contributed by atoms with Gasteiger partial charge in [-0.3, -0.25) is 14.2 Å². The Morgan fingerprint density at radius 2 is 1.85 bits per heavy atom. The van der Waals surface area contributed by atoms with Gasteiger partial charge in [0.1, 0.15) is 22.7 Å². The van der Waals surface area contributed by atoms with Crippen molar-refractivity contribution in [1.82, 2.24) is 14.1 Å². The molecule has 0 fully saturated rings. The molecule has 34 heavy (non-hydrogen) atoms. The summed E-state index contributed by atoms with van der Waals surface area (Å²) in [6.07, 6.45) is 1.83. The zero-order valence-corrected chi connectivity index (χ0v) is 20.6. The van der Waals surface area contributed by atoms with Crippen LogP contribution in [0.15, 0.2) is 56.4 Å². The maximum atomic E-state index is 13.6. The highest BCUT2D eigenvalue weighted by Gasteiger charge is 2.22. The van der Waals surface area contributed by atoms with E-state index in [1.807, 2.05) is 19.2 Å². The Hall–Kier alpha value is -3.57. The zero-order chi connectivity index (χ0) is 24.4. The number of fused-ring (bicyclic) bond motifs is 1. The van der Waals surface area contributed by atoms with Crippen molar-refractivity contribution in [3.8, 4) is 17.2 Å². The Kier molecular flexibility index (Phi) is 6.75. The summed E-state index contributed by atoms with van der Waals surface area (Å²) in [7, 11) is 2.97. The molecule has 0 radical (unpaired) electrons. The first-order valence-corrected chi connectivity index (χ1v) is 12.2. The number of nitrogens with zero attached hydrogens (tertiary/aromatic N) is 3. The average Bonchev–Trinajstić information content (AvgIpc) is 3.27. The molecule has 0 spiro atoms. The highest BCUT2D eigenvalue weighted by atomic mass is 32.2. The van der Waals surface area contributed by atoms with Gasteiger partial charge in [-0.2, -0.15) is 0 Å². The summed E-state index contributed by atoms with van der Waals surface area (Å²) in [5.74, 6) is 0.390. The fourth-order valence-electron chi connectivity index (χ4n) is 3.52. The van der Waals surface area contributed by atoms with E-state index < -0.39 is 17.2 Å². The van der Waals surface area contributed by atoms with Crippen molar-refractivity contribution in [2.75, 3.05) is 25.8 Å². The summed E-state index contributed by atoms with van der Waals surface area (Å²) in [6, 6.07) is 12.1. The van der Waals surface area contributed by atoms with Crippen LogP contribution in [0.3, 0.4) is 0 Å². The number of aryl methyl sites for hydroxylation is 1. The number of aromatic nitrogens is 3. The van der Waals surface area contributed by atoms with Gasteiger partial charge in [0.2, 0.25) is 5.91 Å². The van der Waals surface area contributed by atoms with Gasteiger partial charge >= 0.3 is 5.69 Å². The summed E-state index contributed by atoms with van der Waals surface area (Å²) < 4.78 is 13.8. The van der Waals surface area contributed by atoms with Gasteiger partial charge in [-0.15, -0.1) is 11.3 Å². The second kappa shape index (κ2) is 9.74. The third-order valence-electron chi connectivity index (χ3n) is 5.10. The number of benzene rings is 2. The lowest BCUT2D eigenvalue weighted by Crippen LogP contribution is -2.40. The van der Waals surface area contributed by atoms with Crippen LogP contribution in [0.4, 0.5) is 5.69 Å². The number of carbonyl (C=O) groups is 1. The summed E-state index contributed by atoms with van der Waals surface area (Å²) in [6.45, 7) is 1.55. The molecule has 0 bridgehead atoms. The molecule has 2 aromatic heterocycles. The van der Waals surface area contributed by atoms with Gasteiger partial charge in [0, 0.05) is 0 Å². The quantitative estimate of drug-likeness (QED) is 0.390. The molecular weight excluding hydrogens is 476 g/mol. The van der Waals surface area contributed by atoms with Crippen molar-refractivity contribution in [3.63, 3.8) is 0 Å². The number of carbonyl (C=O) groups excluding carboxylic acids is 1. The first-order valence-electron chi connectivity index (χ1n) is 10.2. The minimum Gasteiger partial charge on any atom is -0.495 e. The van der Waals surface area contributed by atoms with Crippen molar-refractivity contribution in [2.24, 2.45) is 0 Å². The predicted molar refractivity (Wildman–Crippen MR) is 134 cm³/mol. The van der Waals surface area contributed by atoms with Gasteiger partial charge in [-0.05, 0) is 43.0 Å². The lowest BCUT2D eigenvalue weighted by Gasteiger charge is -2.14. The Bertz CT molecular complexity index is 1510. The maximum absolute atomic E-state index is 13.6. The average molecular weight is 499 g/mol. The van der Waals surface area contributed by atoms with Crippen LogP contribution in [-0.2, 0) is 11.3 Å². The van der Waals surface area contributed by atoms with Crippen LogP contribution in [-0.4, -0.2) is 40.5 Å². The van der Waals surface area contributed by atoms with Crippen LogP contribution in [0.2, 0.25) is 0 Å². The Morgan fingerprint density at radius 3 is 2.56 bits per heavy atom. The molecule has 0 saturated heterocycles. The lowest BCUT2D eigenvalue weighted by atomic mass is 10.2. The van der Waals surface area contributed by atoms with Gasteiger partial charge in [-0.1, -0.05) is 30.0 Å². The van der Waals surface area contributed by atoms with Crippen molar-refractivity contribution in [1.29, 1.82) is 0 Å². The van der Waals surface area contributed by atoms with E-state index in [4.69, 9.17) is 9.47 Å². The van der Waals surface area contributed by atoms with Crippen molar-refractivity contribution >= 4 is 45.0 Å². The zero-order valence-electron chi connectivity index (χ0n) is 18.9. The molecule has 0 aliphatic rings. The summed E-state index contributed by atoms with van der Waals surface area (Å²) in [5, 5.41) is 2.79. The van der Waals surface area contributed by atoms with Crippen molar-refractivity contribution < 1.29 is 14.3 Å². The maximum Gasteiger partial charge on any atom is 0.337 e. The van der Waals surface area contributed by atoms with Gasteiger partial charge < -0.3 is 14.8 Å². The molecule has 4 rings (SSSR count).